The molecular weight excluding hydrogens is 430 g/mol. The first-order valence-corrected chi connectivity index (χ1v) is 10.4. The first-order valence-electron chi connectivity index (χ1n) is 10.0. The summed E-state index contributed by atoms with van der Waals surface area (Å²) < 4.78 is 10.7. The second-order valence-electron chi connectivity index (χ2n) is 7.08. The summed E-state index contributed by atoms with van der Waals surface area (Å²) in [5.74, 6) is 0.587. The summed E-state index contributed by atoms with van der Waals surface area (Å²) in [6.45, 7) is 2.06. The Hall–Kier alpha value is -3.58. The Morgan fingerprint density at radius 2 is 1.84 bits per heavy atom. The highest BCUT2D eigenvalue weighted by Gasteiger charge is 2.22. The molecule has 2 aromatic carbocycles. The molecule has 1 atom stereocenters. The molecule has 7 nitrogen and oxygen atoms in total. The van der Waals surface area contributed by atoms with Crippen molar-refractivity contribution in [2.45, 2.75) is 13.0 Å². The Morgan fingerprint density at radius 3 is 2.47 bits per heavy atom. The SMILES string of the molecule is CCOC(=O)c1ccc(C(Nc2ccccn2)c2cc(Cl)ccc2OC(=O)N(C)C)cc1. The maximum absolute atomic E-state index is 12.2. The number of esters is 1. The molecule has 0 radical (unpaired) electrons. The van der Waals surface area contributed by atoms with Crippen molar-refractivity contribution in [3.63, 3.8) is 0 Å². The molecule has 1 aromatic heterocycles. The van der Waals surface area contributed by atoms with Crippen LogP contribution < -0.4 is 10.1 Å². The zero-order valence-electron chi connectivity index (χ0n) is 18.0. The second-order valence-corrected chi connectivity index (χ2v) is 7.52. The molecule has 0 saturated heterocycles. The van der Waals surface area contributed by atoms with Crippen molar-refractivity contribution in [1.29, 1.82) is 0 Å². The molecule has 1 heterocycles. The molecule has 3 aromatic rings. The van der Waals surface area contributed by atoms with Crippen molar-refractivity contribution in [3.8, 4) is 5.75 Å². The predicted molar refractivity (Wildman–Crippen MR) is 123 cm³/mol. The van der Waals surface area contributed by atoms with Gasteiger partial charge in [-0.05, 0) is 55.0 Å². The summed E-state index contributed by atoms with van der Waals surface area (Å²) in [6, 6.07) is 17.1. The molecule has 0 aliphatic carbocycles. The van der Waals surface area contributed by atoms with Crippen LogP contribution in [0.3, 0.4) is 0 Å². The summed E-state index contributed by atoms with van der Waals surface area (Å²) in [5.41, 5.74) is 1.90. The maximum Gasteiger partial charge on any atom is 0.414 e. The van der Waals surface area contributed by atoms with Crippen LogP contribution in [0.1, 0.15) is 34.5 Å². The van der Waals surface area contributed by atoms with Gasteiger partial charge >= 0.3 is 12.1 Å². The lowest BCUT2D eigenvalue weighted by atomic mass is 9.96. The minimum atomic E-state index is -0.511. The number of benzene rings is 2. The predicted octanol–water partition coefficient (Wildman–Crippen LogP) is 5.17. The Morgan fingerprint density at radius 1 is 1.09 bits per heavy atom. The van der Waals surface area contributed by atoms with Crippen molar-refractivity contribution >= 4 is 29.5 Å². The molecule has 0 fully saturated rings. The molecule has 0 spiro atoms. The fourth-order valence-corrected chi connectivity index (χ4v) is 3.17. The number of halogens is 1. The number of carbonyl (C=O) groups excluding carboxylic acids is 2. The van der Waals surface area contributed by atoms with Gasteiger partial charge in [-0.2, -0.15) is 0 Å². The number of anilines is 1. The molecule has 3 rings (SSSR count). The third-order valence-electron chi connectivity index (χ3n) is 4.56. The van der Waals surface area contributed by atoms with Crippen LogP contribution in [0.4, 0.5) is 10.6 Å². The summed E-state index contributed by atoms with van der Waals surface area (Å²) >= 11 is 6.30. The molecule has 0 saturated carbocycles. The van der Waals surface area contributed by atoms with Gasteiger partial charge in [0, 0.05) is 30.9 Å². The fourth-order valence-electron chi connectivity index (χ4n) is 2.99. The fraction of sp³-hybridized carbons (Fsp3) is 0.208. The van der Waals surface area contributed by atoms with E-state index in [-0.39, 0.29) is 0 Å². The van der Waals surface area contributed by atoms with Crippen molar-refractivity contribution in [1.82, 2.24) is 9.88 Å². The van der Waals surface area contributed by atoms with Crippen molar-refractivity contribution < 1.29 is 19.1 Å². The van der Waals surface area contributed by atoms with Gasteiger partial charge in [0.2, 0.25) is 0 Å². The molecule has 0 aliphatic rings. The Labute approximate surface area is 191 Å². The topological polar surface area (TPSA) is 80.8 Å². The van der Waals surface area contributed by atoms with Gasteiger partial charge in [0.1, 0.15) is 11.6 Å². The van der Waals surface area contributed by atoms with E-state index in [4.69, 9.17) is 21.1 Å². The molecule has 1 amide bonds. The highest BCUT2D eigenvalue weighted by molar-refractivity contribution is 6.30. The van der Waals surface area contributed by atoms with Gasteiger partial charge in [-0.1, -0.05) is 29.8 Å². The lowest BCUT2D eigenvalue weighted by molar-refractivity contribution is 0.0526. The standard InChI is InChI=1S/C24H24ClN3O4/c1-4-31-23(29)17-10-8-16(9-11-17)22(27-21-7-5-6-14-26-21)19-15-18(25)12-13-20(19)32-24(30)28(2)3/h5-15,22H,4H2,1-3H3,(H,26,27). The van der Waals surface area contributed by atoms with Crippen molar-refractivity contribution in [2.24, 2.45) is 0 Å². The van der Waals surface area contributed by atoms with Crippen LogP contribution >= 0.6 is 11.6 Å². The van der Waals surface area contributed by atoms with Gasteiger partial charge in [-0.3, -0.25) is 0 Å². The molecule has 166 valence electrons. The van der Waals surface area contributed by atoms with E-state index in [1.807, 2.05) is 30.3 Å². The van der Waals surface area contributed by atoms with E-state index in [9.17, 15) is 9.59 Å². The molecule has 1 unspecified atom stereocenters. The Bertz CT molecular complexity index is 1070. The molecule has 0 aliphatic heterocycles. The minimum Gasteiger partial charge on any atom is -0.462 e. The Kier molecular flexibility index (Phi) is 7.68. The van der Waals surface area contributed by atoms with Crippen molar-refractivity contribution in [2.75, 3.05) is 26.0 Å². The van der Waals surface area contributed by atoms with Gasteiger partial charge < -0.3 is 19.7 Å². The quantitative estimate of drug-likeness (QED) is 0.497. The summed E-state index contributed by atoms with van der Waals surface area (Å²) in [6.07, 6.45) is 1.16. The lowest BCUT2D eigenvalue weighted by Gasteiger charge is -2.23. The summed E-state index contributed by atoms with van der Waals surface area (Å²) in [4.78, 5) is 30.0. The normalized spacial score (nSPS) is 11.4. The number of nitrogens with zero attached hydrogens (tertiary/aromatic N) is 2. The molecule has 1 N–H and O–H groups in total. The number of amides is 1. The van der Waals surface area contributed by atoms with Gasteiger partial charge in [-0.15, -0.1) is 0 Å². The van der Waals surface area contributed by atoms with E-state index in [1.165, 1.54) is 4.90 Å². The first-order chi connectivity index (χ1) is 15.4. The number of pyridine rings is 1. The van der Waals surface area contributed by atoms with E-state index in [0.717, 1.165) is 5.56 Å². The van der Waals surface area contributed by atoms with Crippen LogP contribution in [-0.4, -0.2) is 42.6 Å². The molecular formula is C24H24ClN3O4. The number of hydrogen-bond acceptors (Lipinski definition) is 6. The van der Waals surface area contributed by atoms with Crippen molar-refractivity contribution in [3.05, 3.63) is 88.6 Å². The number of nitrogens with one attached hydrogen (secondary N) is 1. The third kappa shape index (κ3) is 5.76. The highest BCUT2D eigenvalue weighted by atomic mass is 35.5. The van der Waals surface area contributed by atoms with Crippen LogP contribution in [0.25, 0.3) is 0 Å². The zero-order chi connectivity index (χ0) is 23.1. The smallest absolute Gasteiger partial charge is 0.414 e. The number of rotatable bonds is 7. The van der Waals surface area contributed by atoms with Gasteiger partial charge in [0.05, 0.1) is 18.2 Å². The second kappa shape index (κ2) is 10.6. The van der Waals surface area contributed by atoms with E-state index in [1.54, 1.807) is 57.5 Å². The average molecular weight is 454 g/mol. The highest BCUT2D eigenvalue weighted by Crippen LogP contribution is 2.35. The van der Waals surface area contributed by atoms with E-state index in [2.05, 4.69) is 10.3 Å². The molecule has 32 heavy (non-hydrogen) atoms. The van der Waals surface area contributed by atoms with Gasteiger partial charge in [-0.25, -0.2) is 14.6 Å². The van der Waals surface area contributed by atoms with Crippen LogP contribution in [0.2, 0.25) is 5.02 Å². The number of hydrogen-bond donors (Lipinski definition) is 1. The average Bonchev–Trinajstić information content (AvgIpc) is 2.79. The van der Waals surface area contributed by atoms with Crippen LogP contribution in [-0.2, 0) is 4.74 Å². The largest absolute Gasteiger partial charge is 0.462 e. The number of carbonyl (C=O) groups is 2. The van der Waals surface area contributed by atoms with Crippen LogP contribution in [0.15, 0.2) is 66.9 Å². The van der Waals surface area contributed by atoms with E-state index in [0.29, 0.717) is 34.3 Å². The monoisotopic (exact) mass is 453 g/mol. The lowest BCUT2D eigenvalue weighted by Crippen LogP contribution is -2.26. The molecule has 0 bridgehead atoms. The van der Waals surface area contributed by atoms with Gasteiger partial charge in [0.15, 0.2) is 0 Å². The summed E-state index contributed by atoms with van der Waals surface area (Å²) in [5, 5.41) is 3.85. The number of ether oxygens (including phenoxy) is 2. The zero-order valence-corrected chi connectivity index (χ0v) is 18.8. The van der Waals surface area contributed by atoms with E-state index >= 15 is 0 Å². The minimum absolute atomic E-state index is 0.299. The maximum atomic E-state index is 12.2. The third-order valence-corrected chi connectivity index (χ3v) is 4.79. The van der Waals surface area contributed by atoms with Gasteiger partial charge in [0.25, 0.3) is 0 Å². The van der Waals surface area contributed by atoms with E-state index < -0.39 is 18.1 Å². The first kappa shape index (κ1) is 23.1. The number of aromatic nitrogens is 1. The van der Waals surface area contributed by atoms with Crippen LogP contribution in [0, 0.1) is 0 Å². The van der Waals surface area contributed by atoms with Crippen LogP contribution in [0.5, 0.6) is 5.75 Å². The Balaban J connectivity index is 2.05. The molecule has 8 heteroatoms. The summed E-state index contributed by atoms with van der Waals surface area (Å²) in [7, 11) is 3.21.